The number of hydrogen-bond acceptors (Lipinski definition) is 7. The van der Waals surface area contributed by atoms with Crippen LogP contribution < -0.4 is 10.2 Å². The third-order valence-electron chi connectivity index (χ3n) is 5.60. The number of nitrogens with zero attached hydrogens (tertiary/aromatic N) is 2. The highest BCUT2D eigenvalue weighted by atomic mass is 32.1. The molecule has 154 valence electrons. The Morgan fingerprint density at radius 1 is 1.36 bits per heavy atom. The number of hydrogen-bond donors (Lipinski definition) is 3. The monoisotopic (exact) mass is 407 g/mol. The van der Waals surface area contributed by atoms with Crippen molar-refractivity contribution in [1.82, 2.24) is 10.3 Å². The van der Waals surface area contributed by atoms with Crippen molar-refractivity contribution in [2.45, 2.75) is 64.4 Å². The van der Waals surface area contributed by atoms with Crippen molar-refractivity contribution < 1.29 is 19.6 Å². The zero-order chi connectivity index (χ0) is 20.3. The van der Waals surface area contributed by atoms with E-state index >= 15 is 0 Å². The number of Topliss-reactive ketones (excluding diaryl/α,β-unsaturated/α-hetero) is 1. The van der Waals surface area contributed by atoms with E-state index in [9.17, 15) is 19.6 Å². The second kappa shape index (κ2) is 9.37. The molecule has 1 amide bonds. The summed E-state index contributed by atoms with van der Waals surface area (Å²) in [6, 6.07) is -0.199. The Balaban J connectivity index is 1.61. The minimum atomic E-state index is -1.60. The molecular weight excluding hydrogens is 377 g/mol. The second-order valence-corrected chi connectivity index (χ2v) is 9.39. The number of ketones is 1. The lowest BCUT2D eigenvalue weighted by atomic mass is 9.74. The number of carbonyl (C=O) groups excluding carboxylic acids is 2. The molecule has 7 nitrogen and oxygen atoms in total. The Hall–Kier alpha value is -1.45. The summed E-state index contributed by atoms with van der Waals surface area (Å²) in [5, 5.41) is 24.7. The zero-order valence-corrected chi connectivity index (χ0v) is 17.4. The maximum Gasteiger partial charge on any atom is 0.475 e. The van der Waals surface area contributed by atoms with Crippen LogP contribution in [0.1, 0.15) is 52.4 Å². The molecule has 9 heteroatoms. The third kappa shape index (κ3) is 5.55. The van der Waals surface area contributed by atoms with Crippen LogP contribution in [0.2, 0.25) is 0 Å². The fourth-order valence-corrected chi connectivity index (χ4v) is 4.51. The van der Waals surface area contributed by atoms with Gasteiger partial charge >= 0.3 is 7.12 Å². The molecule has 1 aliphatic heterocycles. The van der Waals surface area contributed by atoms with Crippen LogP contribution >= 0.6 is 11.3 Å². The molecule has 2 fully saturated rings. The van der Waals surface area contributed by atoms with E-state index in [2.05, 4.69) is 10.3 Å². The average Bonchev–Trinajstić information content (AvgIpc) is 3.24. The smallest absolute Gasteiger partial charge is 0.426 e. The molecule has 3 rings (SSSR count). The fourth-order valence-electron chi connectivity index (χ4n) is 3.79. The van der Waals surface area contributed by atoms with Gasteiger partial charge in [-0.2, -0.15) is 0 Å². The van der Waals surface area contributed by atoms with Crippen LogP contribution in [-0.4, -0.2) is 52.4 Å². The van der Waals surface area contributed by atoms with Crippen LogP contribution in [0.3, 0.4) is 0 Å². The molecule has 1 saturated heterocycles. The van der Waals surface area contributed by atoms with Gasteiger partial charge in [0, 0.05) is 30.5 Å². The lowest BCUT2D eigenvalue weighted by Gasteiger charge is -2.40. The van der Waals surface area contributed by atoms with Gasteiger partial charge in [0.1, 0.15) is 0 Å². The van der Waals surface area contributed by atoms with Gasteiger partial charge in [0.2, 0.25) is 5.91 Å². The van der Waals surface area contributed by atoms with E-state index < -0.39 is 19.0 Å². The maximum absolute atomic E-state index is 12.9. The summed E-state index contributed by atoms with van der Waals surface area (Å²) in [4.78, 5) is 32.1. The standard InChI is InChI=1S/C19H30BN3O4S/c1-12(2)9-17(20(26)27)22-18(25)14(10-13-3-4-13)11-16(24)15-5-7-23(15)19-21-6-8-28-19/h6,8,12-15,17,26-27H,3-5,7,9-11H2,1-2H3,(H,22,25). The molecule has 0 bridgehead atoms. The normalized spacial score (nSPS) is 21.2. The van der Waals surface area contributed by atoms with Gasteiger partial charge in [-0.25, -0.2) is 4.98 Å². The molecule has 2 heterocycles. The van der Waals surface area contributed by atoms with Crippen molar-refractivity contribution in [3.63, 3.8) is 0 Å². The molecule has 0 radical (unpaired) electrons. The van der Waals surface area contributed by atoms with Crippen molar-refractivity contribution >= 4 is 35.3 Å². The van der Waals surface area contributed by atoms with Gasteiger partial charge in [0.05, 0.1) is 12.0 Å². The number of rotatable bonds is 11. The van der Waals surface area contributed by atoms with Gasteiger partial charge in [0.15, 0.2) is 10.9 Å². The van der Waals surface area contributed by atoms with Crippen LogP contribution in [0, 0.1) is 17.8 Å². The Morgan fingerprint density at radius 2 is 2.11 bits per heavy atom. The molecule has 1 saturated carbocycles. The van der Waals surface area contributed by atoms with Gasteiger partial charge < -0.3 is 20.3 Å². The average molecular weight is 407 g/mol. The van der Waals surface area contributed by atoms with E-state index in [0.29, 0.717) is 18.8 Å². The van der Waals surface area contributed by atoms with E-state index in [4.69, 9.17) is 0 Å². The Labute approximate surface area is 170 Å². The number of aromatic nitrogens is 1. The number of amides is 1. The van der Waals surface area contributed by atoms with Gasteiger partial charge in [-0.3, -0.25) is 9.59 Å². The predicted octanol–water partition coefficient (Wildman–Crippen LogP) is 1.64. The van der Waals surface area contributed by atoms with Crippen LogP contribution in [0.15, 0.2) is 11.6 Å². The number of thiazole rings is 1. The zero-order valence-electron chi connectivity index (χ0n) is 16.6. The molecule has 3 N–H and O–H groups in total. The van der Waals surface area contributed by atoms with Gasteiger partial charge in [-0.1, -0.05) is 26.7 Å². The van der Waals surface area contributed by atoms with Crippen LogP contribution in [0.25, 0.3) is 0 Å². The largest absolute Gasteiger partial charge is 0.475 e. The van der Waals surface area contributed by atoms with Gasteiger partial charge in [-0.05, 0) is 31.1 Å². The van der Waals surface area contributed by atoms with E-state index in [0.717, 1.165) is 30.9 Å². The topological polar surface area (TPSA) is 103 Å². The van der Waals surface area contributed by atoms with Crippen LogP contribution in [0.5, 0.6) is 0 Å². The third-order valence-corrected chi connectivity index (χ3v) is 6.41. The molecule has 2 aliphatic rings. The first-order valence-electron chi connectivity index (χ1n) is 10.2. The second-order valence-electron chi connectivity index (χ2n) is 8.52. The minimum absolute atomic E-state index is 0.0761. The number of anilines is 1. The summed E-state index contributed by atoms with van der Waals surface area (Å²) in [7, 11) is -1.60. The molecule has 0 spiro atoms. The van der Waals surface area contributed by atoms with Crippen LogP contribution in [0.4, 0.5) is 5.13 Å². The molecule has 1 aliphatic carbocycles. The first-order valence-corrected chi connectivity index (χ1v) is 11.1. The van der Waals surface area contributed by atoms with Crippen molar-refractivity contribution in [2.24, 2.45) is 17.8 Å². The maximum atomic E-state index is 12.9. The number of carbonyl (C=O) groups is 2. The number of nitrogens with one attached hydrogen (secondary N) is 1. The van der Waals surface area contributed by atoms with Crippen LogP contribution in [-0.2, 0) is 9.59 Å². The Kier molecular flexibility index (Phi) is 7.12. The predicted molar refractivity (Wildman–Crippen MR) is 110 cm³/mol. The van der Waals surface area contributed by atoms with E-state index in [1.165, 1.54) is 11.3 Å². The summed E-state index contributed by atoms with van der Waals surface area (Å²) >= 11 is 1.52. The summed E-state index contributed by atoms with van der Waals surface area (Å²) < 4.78 is 0. The lowest BCUT2D eigenvalue weighted by molar-refractivity contribution is -0.131. The summed E-state index contributed by atoms with van der Waals surface area (Å²) in [6.07, 6.45) is 6.10. The SMILES string of the molecule is CC(C)CC(NC(=O)C(CC(=O)C1CCN1c1nccs1)CC1CC1)B(O)O. The molecule has 3 atom stereocenters. The fraction of sp³-hybridized carbons (Fsp3) is 0.737. The van der Waals surface area contributed by atoms with E-state index in [-0.39, 0.29) is 30.1 Å². The Morgan fingerprint density at radius 3 is 2.61 bits per heavy atom. The lowest BCUT2D eigenvalue weighted by Crippen LogP contribution is -2.54. The van der Waals surface area contributed by atoms with Crippen molar-refractivity contribution in [1.29, 1.82) is 0 Å². The quantitative estimate of drug-likeness (QED) is 0.482. The van der Waals surface area contributed by atoms with Crippen molar-refractivity contribution in [3.8, 4) is 0 Å². The molecule has 0 aromatic carbocycles. The molecular formula is C19H30BN3O4S. The summed E-state index contributed by atoms with van der Waals surface area (Å²) in [6.45, 7) is 4.75. The first kappa shape index (κ1) is 21.3. The van der Waals surface area contributed by atoms with E-state index in [1.54, 1.807) is 6.20 Å². The first-order chi connectivity index (χ1) is 13.3. The highest BCUT2D eigenvalue weighted by molar-refractivity contribution is 7.13. The van der Waals surface area contributed by atoms with Gasteiger partial charge in [-0.15, -0.1) is 11.3 Å². The minimum Gasteiger partial charge on any atom is -0.426 e. The summed E-state index contributed by atoms with van der Waals surface area (Å²) in [5.74, 6) is -0.557. The molecule has 28 heavy (non-hydrogen) atoms. The van der Waals surface area contributed by atoms with Crippen molar-refractivity contribution in [3.05, 3.63) is 11.6 Å². The van der Waals surface area contributed by atoms with Gasteiger partial charge in [0.25, 0.3) is 0 Å². The van der Waals surface area contributed by atoms with Crippen molar-refractivity contribution in [2.75, 3.05) is 11.4 Å². The summed E-state index contributed by atoms with van der Waals surface area (Å²) in [5.41, 5.74) is 0. The molecule has 3 unspecified atom stereocenters. The molecule has 1 aromatic heterocycles. The highest BCUT2D eigenvalue weighted by Crippen LogP contribution is 2.37. The molecule has 1 aromatic rings. The highest BCUT2D eigenvalue weighted by Gasteiger charge is 2.39. The Bertz CT molecular complexity index is 666. The van der Waals surface area contributed by atoms with E-state index in [1.807, 2.05) is 24.1 Å².